The highest BCUT2D eigenvalue weighted by Crippen LogP contribution is 1.89. The summed E-state index contributed by atoms with van der Waals surface area (Å²) in [6.45, 7) is 4.71. The highest BCUT2D eigenvalue weighted by molar-refractivity contribution is 5.81. The number of aliphatic hydroxyl groups is 1. The van der Waals surface area contributed by atoms with Crippen LogP contribution in [0.5, 0.6) is 0 Å². The fourth-order valence-corrected chi connectivity index (χ4v) is 1.13. The zero-order valence-corrected chi connectivity index (χ0v) is 9.25. The topological polar surface area (TPSA) is 81.7 Å². The molecule has 0 saturated carbocycles. The number of rotatable bonds is 6. The largest absolute Gasteiger partial charge is 0.395 e. The average molecular weight is 217 g/mol. The quantitative estimate of drug-likeness (QED) is 0.491. The maximum Gasteiger partial charge on any atom is 0.252 e. The second-order valence-electron chi connectivity index (χ2n) is 3.23. The van der Waals surface area contributed by atoms with Gasteiger partial charge in [-0.3, -0.25) is 25.3 Å². The first kappa shape index (κ1) is 13.9. The molecule has 0 atom stereocenters. The maximum atomic E-state index is 11.3. The third-order valence-electron chi connectivity index (χ3n) is 1.70. The summed E-state index contributed by atoms with van der Waals surface area (Å²) >= 11 is 0. The Bertz CT molecular complexity index is 203. The summed E-state index contributed by atoms with van der Waals surface area (Å²) in [6, 6.07) is 0. The van der Waals surface area contributed by atoms with Gasteiger partial charge in [0.25, 0.3) is 5.91 Å². The van der Waals surface area contributed by atoms with E-state index < -0.39 is 0 Å². The van der Waals surface area contributed by atoms with Gasteiger partial charge in [-0.05, 0) is 13.0 Å². The van der Waals surface area contributed by atoms with Gasteiger partial charge in [0, 0.05) is 13.5 Å². The van der Waals surface area contributed by atoms with E-state index in [1.54, 1.807) is 0 Å². The molecule has 0 rings (SSSR count). The lowest BCUT2D eigenvalue weighted by Gasteiger charge is -2.19. The van der Waals surface area contributed by atoms with Crippen LogP contribution in [0.3, 0.4) is 0 Å². The van der Waals surface area contributed by atoms with Gasteiger partial charge in [0.05, 0.1) is 13.2 Å². The zero-order valence-electron chi connectivity index (χ0n) is 9.25. The number of amides is 2. The molecule has 0 unspecified atom stereocenters. The molecule has 0 aromatic carbocycles. The van der Waals surface area contributed by atoms with Crippen LogP contribution in [-0.2, 0) is 9.59 Å². The molecule has 15 heavy (non-hydrogen) atoms. The summed E-state index contributed by atoms with van der Waals surface area (Å²) in [4.78, 5) is 23.6. The Morgan fingerprint density at radius 3 is 2.40 bits per heavy atom. The summed E-state index contributed by atoms with van der Waals surface area (Å²) in [5.74, 6) is -0.598. The molecule has 0 radical (unpaired) electrons. The van der Waals surface area contributed by atoms with E-state index in [4.69, 9.17) is 5.11 Å². The van der Waals surface area contributed by atoms with Gasteiger partial charge in [-0.2, -0.15) is 0 Å². The van der Waals surface area contributed by atoms with Crippen molar-refractivity contribution in [3.8, 4) is 0 Å². The van der Waals surface area contributed by atoms with Crippen LogP contribution in [0.1, 0.15) is 20.3 Å². The molecular formula is C9H19N3O3. The molecule has 6 nitrogen and oxygen atoms in total. The Morgan fingerprint density at radius 2 is 1.93 bits per heavy atom. The van der Waals surface area contributed by atoms with Gasteiger partial charge in [-0.25, -0.2) is 0 Å². The molecule has 3 N–H and O–H groups in total. The summed E-state index contributed by atoms with van der Waals surface area (Å²) < 4.78 is 0. The molecule has 0 aliphatic carbocycles. The number of hydrazine groups is 1. The summed E-state index contributed by atoms with van der Waals surface area (Å²) in [6.07, 6.45) is 0.910. The van der Waals surface area contributed by atoms with Gasteiger partial charge in [0.1, 0.15) is 0 Å². The van der Waals surface area contributed by atoms with Crippen molar-refractivity contribution in [3.05, 3.63) is 0 Å². The Kier molecular flexibility index (Phi) is 7.57. The van der Waals surface area contributed by atoms with Gasteiger partial charge in [0.15, 0.2) is 0 Å². The molecule has 0 aliphatic heterocycles. The van der Waals surface area contributed by atoms with Gasteiger partial charge in [-0.1, -0.05) is 6.92 Å². The molecule has 0 aromatic rings. The van der Waals surface area contributed by atoms with E-state index in [9.17, 15) is 9.59 Å². The van der Waals surface area contributed by atoms with Gasteiger partial charge >= 0.3 is 0 Å². The molecule has 0 fully saturated rings. The van der Waals surface area contributed by atoms with Crippen molar-refractivity contribution in [1.82, 2.24) is 15.8 Å². The maximum absolute atomic E-state index is 11.3. The molecule has 0 saturated heterocycles. The SMILES string of the molecule is CCCN(CCO)CC(=O)NNC(C)=O. The smallest absolute Gasteiger partial charge is 0.252 e. The van der Waals surface area contributed by atoms with Gasteiger partial charge in [0.2, 0.25) is 5.91 Å². The van der Waals surface area contributed by atoms with Crippen LogP contribution in [0.15, 0.2) is 0 Å². The zero-order chi connectivity index (χ0) is 11.7. The standard InChI is InChI=1S/C9H19N3O3/c1-3-4-12(5-6-13)7-9(15)11-10-8(2)14/h13H,3-7H2,1-2H3,(H,10,14)(H,11,15). The average Bonchev–Trinajstić information content (AvgIpc) is 2.15. The van der Waals surface area contributed by atoms with Crippen molar-refractivity contribution >= 4 is 11.8 Å². The molecule has 0 aromatic heterocycles. The van der Waals surface area contributed by atoms with E-state index in [1.165, 1.54) is 6.92 Å². The minimum Gasteiger partial charge on any atom is -0.395 e. The molecular weight excluding hydrogens is 198 g/mol. The number of hydrogen-bond donors (Lipinski definition) is 3. The van der Waals surface area contributed by atoms with E-state index >= 15 is 0 Å². The number of carbonyl (C=O) groups excluding carboxylic acids is 2. The van der Waals surface area contributed by atoms with Gasteiger partial charge in [-0.15, -0.1) is 0 Å². The van der Waals surface area contributed by atoms with Crippen molar-refractivity contribution < 1.29 is 14.7 Å². The number of aliphatic hydroxyl groups excluding tert-OH is 1. The Morgan fingerprint density at radius 1 is 1.27 bits per heavy atom. The third kappa shape index (κ3) is 7.90. The number of hydrogen-bond acceptors (Lipinski definition) is 4. The fraction of sp³-hybridized carbons (Fsp3) is 0.778. The third-order valence-corrected chi connectivity index (χ3v) is 1.70. The predicted molar refractivity (Wildman–Crippen MR) is 55.8 cm³/mol. The van der Waals surface area contributed by atoms with E-state index in [2.05, 4.69) is 10.9 Å². The highest BCUT2D eigenvalue weighted by atomic mass is 16.3. The Hall–Kier alpha value is -1.14. The lowest BCUT2D eigenvalue weighted by atomic mass is 10.4. The first-order chi connectivity index (χ1) is 7.10. The monoisotopic (exact) mass is 217 g/mol. The Labute approximate surface area is 89.6 Å². The first-order valence-corrected chi connectivity index (χ1v) is 4.98. The lowest BCUT2D eigenvalue weighted by molar-refractivity contribution is -0.128. The van der Waals surface area contributed by atoms with Crippen LogP contribution in [0.4, 0.5) is 0 Å². The molecule has 0 spiro atoms. The van der Waals surface area contributed by atoms with Crippen LogP contribution in [0.2, 0.25) is 0 Å². The van der Waals surface area contributed by atoms with Crippen molar-refractivity contribution in [2.45, 2.75) is 20.3 Å². The molecule has 6 heteroatoms. The summed E-state index contributed by atoms with van der Waals surface area (Å²) in [7, 11) is 0. The van der Waals surface area contributed by atoms with Crippen LogP contribution in [0.25, 0.3) is 0 Å². The fourth-order valence-electron chi connectivity index (χ4n) is 1.13. The van der Waals surface area contributed by atoms with Gasteiger partial charge < -0.3 is 5.11 Å². The van der Waals surface area contributed by atoms with E-state index in [0.717, 1.165) is 13.0 Å². The number of nitrogens with one attached hydrogen (secondary N) is 2. The minimum atomic E-state index is -0.312. The summed E-state index contributed by atoms with van der Waals surface area (Å²) in [5, 5.41) is 8.75. The van der Waals surface area contributed by atoms with Crippen molar-refractivity contribution in [1.29, 1.82) is 0 Å². The van der Waals surface area contributed by atoms with E-state index in [0.29, 0.717) is 6.54 Å². The number of nitrogens with zero attached hydrogens (tertiary/aromatic N) is 1. The van der Waals surface area contributed by atoms with Crippen molar-refractivity contribution in [2.75, 3.05) is 26.2 Å². The van der Waals surface area contributed by atoms with Crippen LogP contribution in [-0.4, -0.2) is 48.1 Å². The number of carbonyl (C=O) groups is 2. The van der Waals surface area contributed by atoms with Crippen LogP contribution in [0, 0.1) is 0 Å². The second kappa shape index (κ2) is 8.19. The highest BCUT2D eigenvalue weighted by Gasteiger charge is 2.08. The molecule has 0 aliphatic rings. The lowest BCUT2D eigenvalue weighted by Crippen LogP contribution is -2.46. The minimum absolute atomic E-state index is 0.0212. The van der Waals surface area contributed by atoms with E-state index in [-0.39, 0.29) is 25.0 Å². The molecule has 0 heterocycles. The normalized spacial score (nSPS) is 10.1. The van der Waals surface area contributed by atoms with Crippen LogP contribution < -0.4 is 10.9 Å². The molecule has 88 valence electrons. The van der Waals surface area contributed by atoms with Crippen molar-refractivity contribution in [3.63, 3.8) is 0 Å². The molecule has 0 bridgehead atoms. The van der Waals surface area contributed by atoms with E-state index in [1.807, 2.05) is 11.8 Å². The van der Waals surface area contributed by atoms with Crippen molar-refractivity contribution in [2.24, 2.45) is 0 Å². The first-order valence-electron chi connectivity index (χ1n) is 4.98. The summed E-state index contributed by atoms with van der Waals surface area (Å²) in [5.41, 5.74) is 4.47. The predicted octanol–water partition coefficient (Wildman–Crippen LogP) is -1.14. The van der Waals surface area contributed by atoms with Crippen LogP contribution >= 0.6 is 0 Å². The molecule has 2 amide bonds. The second-order valence-corrected chi connectivity index (χ2v) is 3.23. The Balaban J connectivity index is 3.82.